The molecule has 22 heavy (non-hydrogen) atoms. The van der Waals surface area contributed by atoms with E-state index < -0.39 is 0 Å². The van der Waals surface area contributed by atoms with Crippen LogP contribution < -0.4 is 5.32 Å². The van der Waals surface area contributed by atoms with E-state index in [0.717, 1.165) is 42.1 Å². The SMILES string of the molecule is Cn1ncc2c(NCC3(CO)CCC3)nc(C(C)(C)C)nc21. The highest BCUT2D eigenvalue weighted by Crippen LogP contribution is 2.40. The van der Waals surface area contributed by atoms with Crippen LogP contribution in [-0.4, -0.2) is 38.0 Å². The quantitative estimate of drug-likeness (QED) is 0.906. The van der Waals surface area contributed by atoms with Crippen molar-refractivity contribution in [1.82, 2.24) is 19.7 Å². The lowest BCUT2D eigenvalue weighted by Gasteiger charge is -2.40. The molecule has 1 saturated carbocycles. The third-order valence-corrected chi connectivity index (χ3v) is 4.64. The molecule has 2 aromatic heterocycles. The molecule has 0 bridgehead atoms. The summed E-state index contributed by atoms with van der Waals surface area (Å²) in [6.07, 6.45) is 5.14. The van der Waals surface area contributed by atoms with E-state index in [1.807, 2.05) is 7.05 Å². The van der Waals surface area contributed by atoms with E-state index in [9.17, 15) is 5.11 Å². The second-order valence-corrected chi connectivity index (χ2v) is 7.52. The topological polar surface area (TPSA) is 75.9 Å². The molecule has 1 aliphatic rings. The monoisotopic (exact) mass is 303 g/mol. The highest BCUT2D eigenvalue weighted by atomic mass is 16.3. The molecule has 2 aromatic rings. The van der Waals surface area contributed by atoms with Gasteiger partial charge < -0.3 is 10.4 Å². The molecule has 120 valence electrons. The molecule has 0 aliphatic heterocycles. The largest absolute Gasteiger partial charge is 0.396 e. The lowest BCUT2D eigenvalue weighted by atomic mass is 9.69. The van der Waals surface area contributed by atoms with Crippen molar-refractivity contribution in [1.29, 1.82) is 0 Å². The number of fused-ring (bicyclic) bond motifs is 1. The van der Waals surface area contributed by atoms with E-state index in [4.69, 9.17) is 4.98 Å². The van der Waals surface area contributed by atoms with Crippen LogP contribution in [0.25, 0.3) is 11.0 Å². The number of aliphatic hydroxyl groups is 1. The number of anilines is 1. The molecular formula is C16H25N5O. The highest BCUT2D eigenvalue weighted by Gasteiger charge is 2.36. The third kappa shape index (κ3) is 2.56. The first-order chi connectivity index (χ1) is 10.3. The van der Waals surface area contributed by atoms with Gasteiger partial charge in [0.05, 0.1) is 18.2 Å². The summed E-state index contributed by atoms with van der Waals surface area (Å²) in [5.41, 5.74) is 0.732. The fourth-order valence-electron chi connectivity index (χ4n) is 2.83. The van der Waals surface area contributed by atoms with Crippen LogP contribution >= 0.6 is 0 Å². The maximum Gasteiger partial charge on any atom is 0.163 e. The number of aromatic nitrogens is 4. The van der Waals surface area contributed by atoms with Gasteiger partial charge in [-0.15, -0.1) is 0 Å². The summed E-state index contributed by atoms with van der Waals surface area (Å²) in [7, 11) is 1.90. The number of hydrogen-bond donors (Lipinski definition) is 2. The van der Waals surface area contributed by atoms with Crippen molar-refractivity contribution >= 4 is 16.9 Å². The summed E-state index contributed by atoms with van der Waals surface area (Å²) in [4.78, 5) is 9.39. The van der Waals surface area contributed by atoms with Gasteiger partial charge >= 0.3 is 0 Å². The number of nitrogens with one attached hydrogen (secondary N) is 1. The lowest BCUT2D eigenvalue weighted by Crippen LogP contribution is -2.40. The molecule has 6 nitrogen and oxygen atoms in total. The summed E-state index contributed by atoms with van der Waals surface area (Å²) in [6, 6.07) is 0. The van der Waals surface area contributed by atoms with Crippen molar-refractivity contribution in [3.8, 4) is 0 Å². The van der Waals surface area contributed by atoms with Gasteiger partial charge in [0.25, 0.3) is 0 Å². The number of aryl methyl sites for hydroxylation is 1. The molecule has 0 unspecified atom stereocenters. The Balaban J connectivity index is 1.96. The van der Waals surface area contributed by atoms with Crippen LogP contribution in [0.5, 0.6) is 0 Å². The molecule has 1 aliphatic carbocycles. The van der Waals surface area contributed by atoms with Gasteiger partial charge in [0.2, 0.25) is 0 Å². The normalized spacial score (nSPS) is 17.5. The van der Waals surface area contributed by atoms with Crippen molar-refractivity contribution in [2.24, 2.45) is 12.5 Å². The van der Waals surface area contributed by atoms with E-state index >= 15 is 0 Å². The van der Waals surface area contributed by atoms with Crippen LogP contribution in [0.4, 0.5) is 5.82 Å². The Morgan fingerprint density at radius 3 is 2.59 bits per heavy atom. The van der Waals surface area contributed by atoms with E-state index in [2.05, 4.69) is 36.2 Å². The van der Waals surface area contributed by atoms with Crippen molar-refractivity contribution in [2.45, 2.75) is 45.4 Å². The van der Waals surface area contributed by atoms with Gasteiger partial charge in [-0.3, -0.25) is 4.68 Å². The van der Waals surface area contributed by atoms with Crippen molar-refractivity contribution in [3.05, 3.63) is 12.0 Å². The molecule has 0 saturated heterocycles. The van der Waals surface area contributed by atoms with Crippen LogP contribution in [0.1, 0.15) is 45.9 Å². The summed E-state index contributed by atoms with van der Waals surface area (Å²) < 4.78 is 1.78. The molecule has 1 fully saturated rings. The summed E-state index contributed by atoms with van der Waals surface area (Å²) in [6.45, 7) is 7.29. The Morgan fingerprint density at radius 1 is 1.32 bits per heavy atom. The zero-order chi connectivity index (χ0) is 16.0. The molecule has 2 N–H and O–H groups in total. The van der Waals surface area contributed by atoms with Crippen LogP contribution in [-0.2, 0) is 12.5 Å². The number of hydrogen-bond acceptors (Lipinski definition) is 5. The standard InChI is InChI=1S/C16H25N5O/c1-15(2,3)14-19-12(11-8-18-21(4)13(11)20-14)17-9-16(10-22)6-5-7-16/h8,22H,5-7,9-10H2,1-4H3,(H,17,19,20). The Hall–Kier alpha value is -1.69. The molecule has 0 spiro atoms. The van der Waals surface area contributed by atoms with Gasteiger partial charge in [-0.25, -0.2) is 9.97 Å². The maximum atomic E-state index is 9.63. The van der Waals surface area contributed by atoms with Crippen LogP contribution in [0.2, 0.25) is 0 Å². The van der Waals surface area contributed by atoms with Gasteiger partial charge in [-0.2, -0.15) is 5.10 Å². The number of nitrogens with zero attached hydrogens (tertiary/aromatic N) is 4. The second kappa shape index (κ2) is 5.19. The Morgan fingerprint density at radius 2 is 2.05 bits per heavy atom. The molecule has 0 radical (unpaired) electrons. The molecule has 2 heterocycles. The number of aliphatic hydroxyl groups excluding tert-OH is 1. The highest BCUT2D eigenvalue weighted by molar-refractivity contribution is 5.86. The minimum absolute atomic E-state index is 0.0153. The first-order valence-corrected chi connectivity index (χ1v) is 7.90. The zero-order valence-electron chi connectivity index (χ0n) is 13.8. The first kappa shape index (κ1) is 15.2. The van der Waals surface area contributed by atoms with Crippen molar-refractivity contribution in [3.63, 3.8) is 0 Å². The van der Waals surface area contributed by atoms with E-state index in [1.54, 1.807) is 10.9 Å². The number of rotatable bonds is 4. The lowest BCUT2D eigenvalue weighted by molar-refractivity contribution is 0.0576. The Bertz CT molecular complexity index is 676. The summed E-state index contributed by atoms with van der Waals surface area (Å²) in [5.74, 6) is 1.63. The van der Waals surface area contributed by atoms with E-state index in [0.29, 0.717) is 0 Å². The summed E-state index contributed by atoms with van der Waals surface area (Å²) >= 11 is 0. The maximum absolute atomic E-state index is 9.63. The fourth-order valence-corrected chi connectivity index (χ4v) is 2.83. The molecule has 6 heteroatoms. The predicted octanol–water partition coefficient (Wildman–Crippen LogP) is 2.24. The van der Waals surface area contributed by atoms with Crippen molar-refractivity contribution in [2.75, 3.05) is 18.5 Å². The molecular weight excluding hydrogens is 278 g/mol. The van der Waals surface area contributed by atoms with E-state index in [1.165, 1.54) is 6.42 Å². The average Bonchev–Trinajstić information content (AvgIpc) is 2.79. The van der Waals surface area contributed by atoms with Crippen LogP contribution in [0.15, 0.2) is 6.20 Å². The fraction of sp³-hybridized carbons (Fsp3) is 0.688. The Kier molecular flexibility index (Phi) is 3.59. The molecule has 0 aromatic carbocycles. The zero-order valence-corrected chi connectivity index (χ0v) is 13.8. The first-order valence-electron chi connectivity index (χ1n) is 7.90. The van der Waals surface area contributed by atoms with Gasteiger partial charge in [-0.05, 0) is 12.8 Å². The second-order valence-electron chi connectivity index (χ2n) is 7.52. The van der Waals surface area contributed by atoms with Gasteiger partial charge in [0, 0.05) is 24.4 Å². The molecule has 0 atom stereocenters. The molecule has 0 amide bonds. The smallest absolute Gasteiger partial charge is 0.163 e. The Labute approximate surface area is 131 Å². The summed E-state index contributed by atoms with van der Waals surface area (Å²) in [5, 5.41) is 18.3. The van der Waals surface area contributed by atoms with Crippen molar-refractivity contribution < 1.29 is 5.11 Å². The molecule has 3 rings (SSSR count). The average molecular weight is 303 g/mol. The van der Waals surface area contributed by atoms with Gasteiger partial charge in [0.15, 0.2) is 5.65 Å². The third-order valence-electron chi connectivity index (χ3n) is 4.64. The van der Waals surface area contributed by atoms with E-state index in [-0.39, 0.29) is 17.4 Å². The minimum atomic E-state index is -0.125. The van der Waals surface area contributed by atoms with Crippen LogP contribution in [0, 0.1) is 5.41 Å². The van der Waals surface area contributed by atoms with Gasteiger partial charge in [0.1, 0.15) is 11.6 Å². The van der Waals surface area contributed by atoms with Gasteiger partial charge in [-0.1, -0.05) is 27.2 Å². The minimum Gasteiger partial charge on any atom is -0.396 e. The van der Waals surface area contributed by atoms with Crippen LogP contribution in [0.3, 0.4) is 0 Å². The predicted molar refractivity (Wildman–Crippen MR) is 86.9 cm³/mol.